The molecule has 0 fully saturated rings. The minimum absolute atomic E-state index is 0. The van der Waals surface area contributed by atoms with Gasteiger partial charge in [-0.3, -0.25) is 5.41 Å². The maximum absolute atomic E-state index is 12.4. The molecule has 1 heterocycles. The van der Waals surface area contributed by atoms with Gasteiger partial charge in [0, 0.05) is 24.2 Å². The van der Waals surface area contributed by atoms with E-state index in [4.69, 9.17) is 14.3 Å². The lowest BCUT2D eigenvalue weighted by atomic mass is 10.2. The molecule has 28 heavy (non-hydrogen) atoms. The smallest absolute Gasteiger partial charge is 0.339 e. The standard InChI is InChI=1S/C19H20N2O4S2.HI/c1-15-12-16(24-10-5-8-21-9-11-26-19(21)20)14-17(13-15)25-27(22,23)18-6-3-2-4-7-18;/h2-4,6-7,9,11-14,20H,5,8,10H2,1H3;1H/p-1. The number of hydrogen-bond acceptors (Lipinski definition) is 6. The van der Waals surface area contributed by atoms with Crippen LogP contribution in [0.25, 0.3) is 0 Å². The fourth-order valence-electron chi connectivity index (χ4n) is 2.51. The Balaban J connectivity index is 0.00000280. The molecule has 150 valence electrons. The van der Waals surface area contributed by atoms with Crippen molar-refractivity contribution in [1.82, 2.24) is 4.57 Å². The summed E-state index contributed by atoms with van der Waals surface area (Å²) in [4.78, 5) is 0.611. The Bertz CT molecular complexity index is 1060. The van der Waals surface area contributed by atoms with Crippen LogP contribution in [0.4, 0.5) is 0 Å². The minimum atomic E-state index is -3.88. The third-order valence-electron chi connectivity index (χ3n) is 3.76. The van der Waals surface area contributed by atoms with E-state index in [1.54, 1.807) is 30.3 Å². The zero-order valence-electron chi connectivity index (χ0n) is 15.2. The summed E-state index contributed by atoms with van der Waals surface area (Å²) in [5.41, 5.74) is 0.839. The minimum Gasteiger partial charge on any atom is -1.00 e. The molecule has 6 nitrogen and oxygen atoms in total. The van der Waals surface area contributed by atoms with Crippen LogP contribution in [-0.4, -0.2) is 19.6 Å². The van der Waals surface area contributed by atoms with Crippen molar-refractivity contribution in [3.8, 4) is 11.5 Å². The maximum atomic E-state index is 12.4. The molecule has 2 aromatic carbocycles. The zero-order chi connectivity index (χ0) is 19.3. The van der Waals surface area contributed by atoms with Gasteiger partial charge in [0.2, 0.25) is 0 Å². The Morgan fingerprint density at radius 1 is 1.11 bits per heavy atom. The lowest BCUT2D eigenvalue weighted by Crippen LogP contribution is -3.00. The first-order valence-electron chi connectivity index (χ1n) is 8.36. The number of benzene rings is 2. The molecule has 0 amide bonds. The Morgan fingerprint density at radius 2 is 1.82 bits per heavy atom. The lowest BCUT2D eigenvalue weighted by molar-refractivity contribution is -0.00000973. The van der Waals surface area contributed by atoms with Gasteiger partial charge in [-0.15, -0.1) is 11.3 Å². The fourth-order valence-corrected chi connectivity index (χ4v) is 4.07. The van der Waals surface area contributed by atoms with Gasteiger partial charge in [-0.1, -0.05) is 18.2 Å². The van der Waals surface area contributed by atoms with Crippen LogP contribution in [0.15, 0.2) is 65.0 Å². The van der Waals surface area contributed by atoms with E-state index in [0.29, 0.717) is 23.7 Å². The van der Waals surface area contributed by atoms with E-state index in [2.05, 4.69) is 0 Å². The molecule has 0 spiro atoms. The van der Waals surface area contributed by atoms with E-state index >= 15 is 0 Å². The van der Waals surface area contributed by atoms with Crippen molar-refractivity contribution >= 4 is 21.5 Å². The van der Waals surface area contributed by atoms with Gasteiger partial charge in [0.05, 0.1) is 6.61 Å². The van der Waals surface area contributed by atoms with E-state index in [1.165, 1.54) is 23.5 Å². The van der Waals surface area contributed by atoms with E-state index in [0.717, 1.165) is 12.0 Å². The highest BCUT2D eigenvalue weighted by Crippen LogP contribution is 2.25. The summed E-state index contributed by atoms with van der Waals surface area (Å²) in [6.07, 6.45) is 2.61. The summed E-state index contributed by atoms with van der Waals surface area (Å²) in [5, 5.41) is 9.60. The quantitative estimate of drug-likeness (QED) is 0.262. The van der Waals surface area contributed by atoms with Gasteiger partial charge in [0.15, 0.2) is 4.80 Å². The van der Waals surface area contributed by atoms with E-state index in [9.17, 15) is 8.42 Å². The van der Waals surface area contributed by atoms with Crippen LogP contribution in [0.5, 0.6) is 11.5 Å². The predicted molar refractivity (Wildman–Crippen MR) is 104 cm³/mol. The first-order chi connectivity index (χ1) is 12.9. The molecule has 9 heteroatoms. The molecule has 3 aromatic rings. The number of hydrogen-bond donors (Lipinski definition) is 1. The Hall–Kier alpha value is -1.85. The summed E-state index contributed by atoms with van der Waals surface area (Å²) in [6, 6.07) is 13.1. The maximum Gasteiger partial charge on any atom is 0.339 e. The van der Waals surface area contributed by atoms with Crippen molar-refractivity contribution in [2.24, 2.45) is 0 Å². The summed E-state index contributed by atoms with van der Waals surface area (Å²) >= 11 is 1.38. The molecule has 0 bridgehead atoms. The molecule has 0 aliphatic heterocycles. The van der Waals surface area contributed by atoms with Crippen molar-refractivity contribution in [3.05, 3.63) is 70.5 Å². The molecule has 0 atom stereocenters. The molecule has 0 radical (unpaired) electrons. The average molecular weight is 531 g/mol. The van der Waals surface area contributed by atoms with Gasteiger partial charge >= 0.3 is 10.1 Å². The molecule has 0 aliphatic carbocycles. The van der Waals surface area contributed by atoms with Gasteiger partial charge in [-0.2, -0.15) is 8.42 Å². The molecule has 0 saturated heterocycles. The molecule has 0 saturated carbocycles. The summed E-state index contributed by atoms with van der Waals surface area (Å²) in [6.45, 7) is 3.00. The number of aryl methyl sites for hydroxylation is 2. The predicted octanol–water partition coefficient (Wildman–Crippen LogP) is 0.578. The highest BCUT2D eigenvalue weighted by molar-refractivity contribution is 7.87. The van der Waals surface area contributed by atoms with Crippen LogP contribution in [0.3, 0.4) is 0 Å². The average Bonchev–Trinajstić information content (AvgIpc) is 3.04. The van der Waals surface area contributed by atoms with Crippen LogP contribution in [0.1, 0.15) is 12.0 Å². The second-order valence-corrected chi connectivity index (χ2v) is 8.38. The highest BCUT2D eigenvalue weighted by atomic mass is 127. The largest absolute Gasteiger partial charge is 1.00 e. The number of nitrogens with one attached hydrogen (secondary N) is 1. The normalized spacial score (nSPS) is 10.9. The number of ether oxygens (including phenoxy) is 1. The summed E-state index contributed by atoms with van der Waals surface area (Å²) in [5.74, 6) is 0.768. The van der Waals surface area contributed by atoms with Crippen LogP contribution in [0.2, 0.25) is 0 Å². The van der Waals surface area contributed by atoms with Crippen LogP contribution in [0, 0.1) is 12.3 Å². The molecular weight excluding hydrogens is 511 g/mol. The Labute approximate surface area is 185 Å². The summed E-state index contributed by atoms with van der Waals surface area (Å²) in [7, 11) is -3.88. The summed E-state index contributed by atoms with van der Waals surface area (Å²) < 4.78 is 37.6. The monoisotopic (exact) mass is 531 g/mol. The van der Waals surface area contributed by atoms with Crippen molar-refractivity contribution in [1.29, 1.82) is 5.41 Å². The second kappa shape index (κ2) is 10.1. The fraction of sp³-hybridized carbons (Fsp3) is 0.211. The SMILES string of the molecule is Cc1cc(OCCCn2ccsc2=N)cc(OS(=O)(=O)c2ccccc2)c1.[I-]. The van der Waals surface area contributed by atoms with Crippen molar-refractivity contribution in [2.45, 2.75) is 24.8 Å². The van der Waals surface area contributed by atoms with Crippen LogP contribution >= 0.6 is 11.3 Å². The molecule has 0 aliphatic rings. The van der Waals surface area contributed by atoms with Crippen LogP contribution in [-0.2, 0) is 16.7 Å². The third kappa shape index (κ3) is 6.08. The molecule has 3 rings (SSSR count). The first-order valence-corrected chi connectivity index (χ1v) is 10.7. The van der Waals surface area contributed by atoms with Crippen LogP contribution < -0.4 is 37.7 Å². The third-order valence-corrected chi connectivity index (χ3v) is 5.73. The Kier molecular flexibility index (Phi) is 8.08. The molecule has 0 unspecified atom stereocenters. The number of thiazole rings is 1. The lowest BCUT2D eigenvalue weighted by Gasteiger charge is -2.11. The number of rotatable bonds is 8. The number of nitrogens with zero attached hydrogens (tertiary/aromatic N) is 1. The second-order valence-electron chi connectivity index (χ2n) is 5.94. The van der Waals surface area contributed by atoms with Gasteiger partial charge in [-0.25, -0.2) is 0 Å². The molecule has 1 aromatic heterocycles. The van der Waals surface area contributed by atoms with Crippen molar-refractivity contribution < 1.29 is 41.3 Å². The Morgan fingerprint density at radius 3 is 2.50 bits per heavy atom. The van der Waals surface area contributed by atoms with E-state index in [-0.39, 0.29) is 34.6 Å². The van der Waals surface area contributed by atoms with E-state index in [1.807, 2.05) is 29.1 Å². The van der Waals surface area contributed by atoms with Gasteiger partial charge in [0.1, 0.15) is 16.4 Å². The van der Waals surface area contributed by atoms with Gasteiger partial charge in [0.25, 0.3) is 0 Å². The molecule has 1 N–H and O–H groups in total. The van der Waals surface area contributed by atoms with Gasteiger partial charge in [-0.05, 0) is 43.2 Å². The van der Waals surface area contributed by atoms with Crippen molar-refractivity contribution in [3.63, 3.8) is 0 Å². The molecular formula is C19H20IN2O4S2-. The highest BCUT2D eigenvalue weighted by Gasteiger charge is 2.16. The first kappa shape index (κ1) is 22.4. The van der Waals surface area contributed by atoms with Gasteiger partial charge < -0.3 is 37.5 Å². The number of halogens is 1. The topological polar surface area (TPSA) is 81.4 Å². The van der Waals surface area contributed by atoms with Crippen molar-refractivity contribution in [2.75, 3.05) is 6.61 Å². The van der Waals surface area contributed by atoms with E-state index < -0.39 is 10.1 Å². The number of aromatic nitrogens is 1. The zero-order valence-corrected chi connectivity index (χ0v) is 19.0.